The minimum absolute atomic E-state index is 0.367. The molecule has 25 heavy (non-hydrogen) atoms. The highest BCUT2D eigenvalue weighted by atomic mass is 15.3. The van der Waals surface area contributed by atoms with Crippen LogP contribution in [0.4, 0.5) is 0 Å². The van der Waals surface area contributed by atoms with Crippen LogP contribution in [0.3, 0.4) is 0 Å². The van der Waals surface area contributed by atoms with Crippen LogP contribution in [0.25, 0.3) is 0 Å². The molecule has 0 bridgehead atoms. The fourth-order valence-electron chi connectivity index (χ4n) is 3.97. The maximum absolute atomic E-state index is 4.70. The molecular formula is C23H22N2. The van der Waals surface area contributed by atoms with Crippen LogP contribution in [0.15, 0.2) is 96.0 Å². The van der Waals surface area contributed by atoms with Gasteiger partial charge in [0.2, 0.25) is 0 Å². The van der Waals surface area contributed by atoms with E-state index < -0.39 is 0 Å². The molecule has 0 fully saturated rings. The third kappa shape index (κ3) is 2.54. The number of rotatable bonds is 4. The van der Waals surface area contributed by atoms with Gasteiger partial charge in [-0.25, -0.2) is 0 Å². The molecule has 1 heterocycles. The van der Waals surface area contributed by atoms with Crippen molar-refractivity contribution < 1.29 is 0 Å². The number of aliphatic imine (C=N–C) groups is 1. The van der Waals surface area contributed by atoms with Crippen molar-refractivity contribution in [3.63, 3.8) is 0 Å². The molecule has 0 N–H and O–H groups in total. The topological polar surface area (TPSA) is 15.6 Å². The van der Waals surface area contributed by atoms with Gasteiger partial charge in [-0.2, -0.15) is 0 Å². The molecule has 0 aromatic heterocycles. The summed E-state index contributed by atoms with van der Waals surface area (Å²) in [6.45, 7) is 3.89. The predicted octanol–water partition coefficient (Wildman–Crippen LogP) is 4.71. The molecule has 0 radical (unpaired) electrons. The Kier molecular flexibility index (Phi) is 4.10. The average Bonchev–Trinajstić information content (AvgIpc) is 3.12. The van der Waals surface area contributed by atoms with E-state index in [9.17, 15) is 0 Å². The summed E-state index contributed by atoms with van der Waals surface area (Å²) >= 11 is 0. The van der Waals surface area contributed by atoms with Gasteiger partial charge in [0.1, 0.15) is 5.54 Å². The molecule has 0 spiro atoms. The molecule has 1 aliphatic heterocycles. The molecule has 2 heteroatoms. The Hall–Kier alpha value is -2.87. The normalized spacial score (nSPS) is 14.4. The number of benzene rings is 3. The lowest BCUT2D eigenvalue weighted by Gasteiger charge is -2.45. The Balaban J connectivity index is 2.07. The van der Waals surface area contributed by atoms with E-state index in [1.807, 2.05) is 0 Å². The van der Waals surface area contributed by atoms with Crippen molar-refractivity contribution >= 4 is 5.84 Å². The SMILES string of the molecule is CC1=NCCN1C(c1ccccc1)(c1ccccc1)c1ccccc1. The molecule has 124 valence electrons. The molecule has 0 amide bonds. The van der Waals surface area contributed by atoms with Gasteiger partial charge in [-0.3, -0.25) is 4.99 Å². The van der Waals surface area contributed by atoms with Crippen LogP contribution in [-0.4, -0.2) is 23.8 Å². The van der Waals surface area contributed by atoms with Gasteiger partial charge in [0.25, 0.3) is 0 Å². The first-order chi connectivity index (χ1) is 12.3. The first-order valence-corrected chi connectivity index (χ1v) is 8.79. The second kappa shape index (κ2) is 6.56. The summed E-state index contributed by atoms with van der Waals surface area (Å²) in [6.07, 6.45) is 0. The molecule has 2 nitrogen and oxygen atoms in total. The van der Waals surface area contributed by atoms with Crippen LogP contribution in [0.1, 0.15) is 23.6 Å². The van der Waals surface area contributed by atoms with Crippen LogP contribution in [0.2, 0.25) is 0 Å². The third-order valence-corrected chi connectivity index (χ3v) is 5.03. The van der Waals surface area contributed by atoms with Crippen LogP contribution >= 0.6 is 0 Å². The monoisotopic (exact) mass is 326 g/mol. The summed E-state index contributed by atoms with van der Waals surface area (Å²) in [6, 6.07) is 32.3. The summed E-state index contributed by atoms with van der Waals surface area (Å²) in [5.74, 6) is 1.09. The third-order valence-electron chi connectivity index (χ3n) is 5.03. The number of amidine groups is 1. The summed E-state index contributed by atoms with van der Waals surface area (Å²) in [5, 5.41) is 0. The fourth-order valence-corrected chi connectivity index (χ4v) is 3.97. The fraction of sp³-hybridized carbons (Fsp3) is 0.174. The summed E-state index contributed by atoms with van der Waals surface area (Å²) < 4.78 is 0. The van der Waals surface area contributed by atoms with Crippen LogP contribution in [-0.2, 0) is 5.54 Å². The smallest absolute Gasteiger partial charge is 0.117 e. The lowest BCUT2D eigenvalue weighted by Crippen LogP contribution is -2.49. The first kappa shape index (κ1) is 15.6. The highest BCUT2D eigenvalue weighted by Gasteiger charge is 2.43. The van der Waals surface area contributed by atoms with Gasteiger partial charge in [-0.15, -0.1) is 0 Å². The van der Waals surface area contributed by atoms with Gasteiger partial charge in [-0.05, 0) is 23.6 Å². The zero-order valence-corrected chi connectivity index (χ0v) is 14.5. The Morgan fingerprint density at radius 3 is 1.40 bits per heavy atom. The molecular weight excluding hydrogens is 304 g/mol. The van der Waals surface area contributed by atoms with Crippen LogP contribution in [0.5, 0.6) is 0 Å². The van der Waals surface area contributed by atoms with Crippen molar-refractivity contribution in [1.82, 2.24) is 4.90 Å². The zero-order chi connectivity index (χ0) is 17.1. The second-order valence-corrected chi connectivity index (χ2v) is 6.39. The second-order valence-electron chi connectivity index (χ2n) is 6.39. The Bertz CT molecular complexity index is 758. The molecule has 0 aliphatic carbocycles. The van der Waals surface area contributed by atoms with Gasteiger partial charge < -0.3 is 4.90 Å². The standard InChI is InChI=1S/C23H22N2/c1-19-24-17-18-25(19)23(20-11-5-2-6-12-20,21-13-7-3-8-14-21)22-15-9-4-10-16-22/h2-16H,17-18H2,1H3. The molecule has 1 aliphatic rings. The van der Waals surface area contributed by atoms with E-state index in [4.69, 9.17) is 4.99 Å². The minimum Gasteiger partial charge on any atom is -0.341 e. The van der Waals surface area contributed by atoms with Gasteiger partial charge >= 0.3 is 0 Å². The van der Waals surface area contributed by atoms with Gasteiger partial charge in [0, 0.05) is 6.54 Å². The van der Waals surface area contributed by atoms with Gasteiger partial charge in [0.05, 0.1) is 12.4 Å². The average molecular weight is 326 g/mol. The van der Waals surface area contributed by atoms with Crippen LogP contribution in [0, 0.1) is 0 Å². The predicted molar refractivity (Wildman–Crippen MR) is 104 cm³/mol. The van der Waals surface area contributed by atoms with Crippen molar-refractivity contribution in [2.45, 2.75) is 12.5 Å². The van der Waals surface area contributed by atoms with Gasteiger partial charge in [0.15, 0.2) is 0 Å². The zero-order valence-electron chi connectivity index (χ0n) is 14.5. The highest BCUT2D eigenvalue weighted by molar-refractivity contribution is 5.84. The van der Waals surface area contributed by atoms with E-state index in [0.717, 1.165) is 18.9 Å². The molecule has 0 saturated heterocycles. The summed E-state index contributed by atoms with van der Waals surface area (Å²) in [4.78, 5) is 7.15. The first-order valence-electron chi connectivity index (χ1n) is 8.79. The van der Waals surface area contributed by atoms with E-state index >= 15 is 0 Å². The maximum Gasteiger partial charge on any atom is 0.117 e. The highest BCUT2D eigenvalue weighted by Crippen LogP contribution is 2.43. The quantitative estimate of drug-likeness (QED) is 0.634. The van der Waals surface area contributed by atoms with Crippen molar-refractivity contribution in [3.05, 3.63) is 108 Å². The molecule has 4 rings (SSSR count). The van der Waals surface area contributed by atoms with Crippen LogP contribution < -0.4 is 0 Å². The Morgan fingerprint density at radius 2 is 1.08 bits per heavy atom. The molecule has 0 saturated carbocycles. The molecule has 3 aromatic rings. The van der Waals surface area contributed by atoms with Crippen molar-refractivity contribution in [3.8, 4) is 0 Å². The van der Waals surface area contributed by atoms with E-state index in [0.29, 0.717) is 0 Å². The number of nitrogens with zero attached hydrogens (tertiary/aromatic N) is 2. The minimum atomic E-state index is -0.367. The molecule has 3 aromatic carbocycles. The van der Waals surface area contributed by atoms with E-state index in [1.54, 1.807) is 0 Å². The van der Waals surface area contributed by atoms with Crippen molar-refractivity contribution in [1.29, 1.82) is 0 Å². The van der Waals surface area contributed by atoms with Crippen molar-refractivity contribution in [2.75, 3.05) is 13.1 Å². The maximum atomic E-state index is 4.70. The lowest BCUT2D eigenvalue weighted by atomic mass is 9.75. The molecule has 0 unspecified atom stereocenters. The largest absolute Gasteiger partial charge is 0.341 e. The van der Waals surface area contributed by atoms with E-state index in [2.05, 4.69) is 103 Å². The van der Waals surface area contributed by atoms with Crippen molar-refractivity contribution in [2.24, 2.45) is 4.99 Å². The summed E-state index contributed by atoms with van der Waals surface area (Å²) in [7, 11) is 0. The Morgan fingerprint density at radius 1 is 0.680 bits per heavy atom. The van der Waals surface area contributed by atoms with E-state index in [-0.39, 0.29) is 5.54 Å². The van der Waals surface area contributed by atoms with E-state index in [1.165, 1.54) is 16.7 Å². The number of hydrogen-bond donors (Lipinski definition) is 0. The van der Waals surface area contributed by atoms with Gasteiger partial charge in [-0.1, -0.05) is 91.0 Å². The molecule has 0 atom stereocenters. The lowest BCUT2D eigenvalue weighted by molar-refractivity contribution is 0.287. The summed E-state index contributed by atoms with van der Waals surface area (Å²) in [5.41, 5.74) is 3.44. The Labute approximate surface area is 149 Å². The number of hydrogen-bond acceptors (Lipinski definition) is 2.